The van der Waals surface area contributed by atoms with Gasteiger partial charge in [-0.2, -0.15) is 0 Å². The predicted octanol–water partition coefficient (Wildman–Crippen LogP) is 4.59. The van der Waals surface area contributed by atoms with E-state index >= 15 is 0 Å². The molecule has 0 aromatic rings. The molecule has 0 aromatic heterocycles. The van der Waals surface area contributed by atoms with E-state index in [1.165, 1.54) is 25.5 Å². The van der Waals surface area contributed by atoms with Gasteiger partial charge < -0.3 is 0 Å². The van der Waals surface area contributed by atoms with Gasteiger partial charge in [-0.1, -0.05) is 59.5 Å². The molecule has 0 heterocycles. The van der Waals surface area contributed by atoms with Crippen molar-refractivity contribution in [2.45, 2.75) is 65.9 Å². The maximum Gasteiger partial charge on any atom is 0.142 e. The summed E-state index contributed by atoms with van der Waals surface area (Å²) in [4.78, 5) is 0. The molecule has 0 aliphatic heterocycles. The van der Waals surface area contributed by atoms with Crippen LogP contribution in [-0.4, -0.2) is 6.71 Å². The van der Waals surface area contributed by atoms with Gasteiger partial charge in [0.2, 0.25) is 0 Å². The second-order valence-corrected chi connectivity index (χ2v) is 6.70. The molecule has 3 aliphatic carbocycles. The first-order chi connectivity index (χ1) is 7.02. The molecule has 0 amide bonds. The van der Waals surface area contributed by atoms with Crippen LogP contribution in [0.2, 0.25) is 18.5 Å². The molecule has 0 saturated heterocycles. The Hall–Kier alpha value is 0.0649. The molecule has 2 bridgehead atoms. The molecule has 3 aliphatic rings. The molecule has 15 heavy (non-hydrogen) atoms. The van der Waals surface area contributed by atoms with Gasteiger partial charge in [0.25, 0.3) is 0 Å². The summed E-state index contributed by atoms with van der Waals surface area (Å²) in [7, 11) is 0. The standard InChI is InChI=1S/C14H27B/c1-6-15(7-2)13-9-11-8-12(10(13)3)14(11,4)5/h10-13H,6-9H2,1-5H3/t10-,11+,12-,13-/m0/s1. The maximum atomic E-state index is 2.53. The molecule has 0 N–H and O–H groups in total. The number of rotatable bonds is 3. The molecule has 0 nitrogen and oxygen atoms in total. The number of hydrogen-bond donors (Lipinski definition) is 0. The van der Waals surface area contributed by atoms with Gasteiger partial charge in [0.05, 0.1) is 0 Å². The quantitative estimate of drug-likeness (QED) is 0.592. The van der Waals surface area contributed by atoms with Crippen LogP contribution in [0.4, 0.5) is 0 Å². The summed E-state index contributed by atoms with van der Waals surface area (Å²) in [5, 5.41) is 0. The summed E-state index contributed by atoms with van der Waals surface area (Å²) in [6, 6.07) is 0. The lowest BCUT2D eigenvalue weighted by molar-refractivity contribution is -0.0992. The van der Waals surface area contributed by atoms with Crippen molar-refractivity contribution in [1.29, 1.82) is 0 Å². The number of fused-ring (bicyclic) bond motifs is 2. The molecule has 0 aromatic carbocycles. The fourth-order valence-corrected chi connectivity index (χ4v) is 4.71. The van der Waals surface area contributed by atoms with Gasteiger partial charge in [0.1, 0.15) is 6.71 Å². The molecule has 0 radical (unpaired) electrons. The van der Waals surface area contributed by atoms with E-state index in [0.29, 0.717) is 5.41 Å². The first kappa shape index (κ1) is 11.5. The van der Waals surface area contributed by atoms with Crippen molar-refractivity contribution in [3.05, 3.63) is 0 Å². The van der Waals surface area contributed by atoms with Crippen LogP contribution < -0.4 is 0 Å². The Morgan fingerprint density at radius 3 is 2.13 bits per heavy atom. The van der Waals surface area contributed by atoms with E-state index in [1.807, 2.05) is 0 Å². The minimum atomic E-state index is 0.669. The molecule has 1 heteroatoms. The molecule has 3 saturated carbocycles. The SMILES string of the molecule is CCB(CC)[C@H]1C[C@H]2C[C@@H]([C@@H]1C)C2(C)C. The smallest absolute Gasteiger partial charge is 0.0768 e. The van der Waals surface area contributed by atoms with Gasteiger partial charge >= 0.3 is 0 Å². The Balaban J connectivity index is 2.08. The van der Waals surface area contributed by atoms with Gasteiger partial charge in [-0.3, -0.25) is 0 Å². The summed E-state index contributed by atoms with van der Waals surface area (Å²) < 4.78 is 0. The van der Waals surface area contributed by atoms with Crippen LogP contribution in [0.1, 0.15) is 47.5 Å². The third kappa shape index (κ3) is 1.57. The monoisotopic (exact) mass is 206 g/mol. The zero-order valence-electron chi connectivity index (χ0n) is 11.2. The highest BCUT2D eigenvalue weighted by Crippen LogP contribution is 2.65. The fraction of sp³-hybridized carbons (Fsp3) is 1.00. The zero-order chi connectivity index (χ0) is 11.2. The van der Waals surface area contributed by atoms with Crippen LogP contribution in [-0.2, 0) is 0 Å². The van der Waals surface area contributed by atoms with Gasteiger partial charge in [-0.25, -0.2) is 0 Å². The lowest BCUT2D eigenvalue weighted by Gasteiger charge is -2.63. The van der Waals surface area contributed by atoms with Crippen molar-refractivity contribution in [1.82, 2.24) is 0 Å². The molecule has 3 fully saturated rings. The van der Waals surface area contributed by atoms with Crippen LogP contribution in [0.5, 0.6) is 0 Å². The highest BCUT2D eigenvalue weighted by molar-refractivity contribution is 6.60. The molecule has 3 rings (SSSR count). The Labute approximate surface area is 96.3 Å². The number of hydrogen-bond acceptors (Lipinski definition) is 0. The van der Waals surface area contributed by atoms with Crippen LogP contribution in [0.25, 0.3) is 0 Å². The molecule has 4 atom stereocenters. The summed E-state index contributed by atoms with van der Waals surface area (Å²) in [5.41, 5.74) is 0.669. The summed E-state index contributed by atoms with van der Waals surface area (Å²) in [6.07, 6.45) is 5.85. The topological polar surface area (TPSA) is 0 Å². The van der Waals surface area contributed by atoms with Crippen molar-refractivity contribution >= 4 is 6.71 Å². The Morgan fingerprint density at radius 2 is 1.73 bits per heavy atom. The van der Waals surface area contributed by atoms with Crippen LogP contribution in [0, 0.1) is 23.2 Å². The van der Waals surface area contributed by atoms with E-state index in [2.05, 4.69) is 34.6 Å². The lowest BCUT2D eigenvalue weighted by Crippen LogP contribution is -2.55. The third-order valence-electron chi connectivity index (χ3n) is 6.07. The second-order valence-electron chi connectivity index (χ2n) is 6.70. The summed E-state index contributed by atoms with van der Waals surface area (Å²) in [5.74, 6) is 4.10. The average Bonchev–Trinajstić information content (AvgIpc) is 2.21. The van der Waals surface area contributed by atoms with E-state index < -0.39 is 0 Å². The van der Waals surface area contributed by atoms with E-state index in [1.54, 1.807) is 0 Å². The lowest BCUT2D eigenvalue weighted by atomic mass is 9.28. The third-order valence-corrected chi connectivity index (χ3v) is 6.07. The highest BCUT2D eigenvalue weighted by atomic mass is 14.6. The van der Waals surface area contributed by atoms with E-state index in [-0.39, 0.29) is 0 Å². The summed E-state index contributed by atoms with van der Waals surface area (Å²) in [6.45, 7) is 13.3. The first-order valence-corrected chi connectivity index (χ1v) is 7.02. The Kier molecular flexibility index (Phi) is 2.94. The van der Waals surface area contributed by atoms with Gasteiger partial charge in [-0.05, 0) is 29.6 Å². The van der Waals surface area contributed by atoms with Gasteiger partial charge in [-0.15, -0.1) is 0 Å². The largest absolute Gasteiger partial charge is 0.142 e. The Morgan fingerprint density at radius 1 is 1.13 bits per heavy atom. The molecular weight excluding hydrogens is 179 g/mol. The van der Waals surface area contributed by atoms with Crippen molar-refractivity contribution in [3.8, 4) is 0 Å². The average molecular weight is 206 g/mol. The predicted molar refractivity (Wildman–Crippen MR) is 69.6 cm³/mol. The normalized spacial score (nSPS) is 42.2. The van der Waals surface area contributed by atoms with Crippen LogP contribution >= 0.6 is 0 Å². The van der Waals surface area contributed by atoms with Crippen molar-refractivity contribution < 1.29 is 0 Å². The zero-order valence-corrected chi connectivity index (χ0v) is 11.2. The van der Waals surface area contributed by atoms with Gasteiger partial charge in [0, 0.05) is 0 Å². The minimum absolute atomic E-state index is 0.669. The minimum Gasteiger partial charge on any atom is -0.0768 e. The van der Waals surface area contributed by atoms with E-state index in [4.69, 9.17) is 0 Å². The van der Waals surface area contributed by atoms with E-state index in [0.717, 1.165) is 30.3 Å². The highest BCUT2D eigenvalue weighted by Gasteiger charge is 2.56. The first-order valence-electron chi connectivity index (χ1n) is 7.02. The van der Waals surface area contributed by atoms with Crippen molar-refractivity contribution in [2.75, 3.05) is 0 Å². The second kappa shape index (κ2) is 3.82. The Bertz CT molecular complexity index is 229. The van der Waals surface area contributed by atoms with Crippen LogP contribution in [0.3, 0.4) is 0 Å². The maximum absolute atomic E-state index is 2.53. The molecule has 0 spiro atoms. The van der Waals surface area contributed by atoms with Crippen molar-refractivity contribution in [3.63, 3.8) is 0 Å². The molecule has 86 valence electrons. The van der Waals surface area contributed by atoms with Crippen molar-refractivity contribution in [2.24, 2.45) is 23.2 Å². The molecule has 0 unspecified atom stereocenters. The van der Waals surface area contributed by atoms with Crippen LogP contribution in [0.15, 0.2) is 0 Å². The van der Waals surface area contributed by atoms with Gasteiger partial charge in [0.15, 0.2) is 0 Å². The fourth-order valence-electron chi connectivity index (χ4n) is 4.71. The molecular formula is C14H27B. The van der Waals surface area contributed by atoms with E-state index in [9.17, 15) is 0 Å². The summed E-state index contributed by atoms with van der Waals surface area (Å²) >= 11 is 0.